The van der Waals surface area contributed by atoms with E-state index in [4.69, 9.17) is 0 Å². The van der Waals surface area contributed by atoms with Gasteiger partial charge in [0.05, 0.1) is 12.1 Å². The van der Waals surface area contributed by atoms with Crippen molar-refractivity contribution in [3.8, 4) is 5.69 Å². The zero-order valence-electron chi connectivity index (χ0n) is 13.4. The minimum Gasteiger partial charge on any atom is -0.323 e. The highest BCUT2D eigenvalue weighted by Crippen LogP contribution is 2.53. The summed E-state index contributed by atoms with van der Waals surface area (Å²) < 4.78 is 132. The van der Waals surface area contributed by atoms with E-state index in [1.54, 1.807) is 0 Å². The molecule has 0 bridgehead atoms. The van der Waals surface area contributed by atoms with Gasteiger partial charge in [-0.15, -0.1) is 0 Å². The second-order valence-corrected chi connectivity index (χ2v) is 5.84. The molecule has 1 aromatic carbocycles. The Morgan fingerprint density at radius 3 is 1.67 bits per heavy atom. The van der Waals surface area contributed by atoms with Crippen LogP contribution in [0, 0.1) is 6.92 Å². The molecule has 2 aromatic rings. The van der Waals surface area contributed by atoms with Gasteiger partial charge >= 0.3 is 24.2 Å². The molecule has 0 saturated carbocycles. The average molecular weight is 407 g/mol. The Bertz CT molecular complexity index is 782. The Labute approximate surface area is 146 Å². The zero-order chi connectivity index (χ0) is 20.8. The van der Waals surface area contributed by atoms with Gasteiger partial charge in [-0.05, 0) is 36.2 Å². The maximum Gasteiger partial charge on any atom is 0.435 e. The van der Waals surface area contributed by atoms with Gasteiger partial charge in [-0.3, -0.25) is 0 Å². The van der Waals surface area contributed by atoms with E-state index in [1.165, 1.54) is 24.5 Å². The van der Waals surface area contributed by atoms with E-state index in [1.807, 2.05) is 0 Å². The first kappa shape index (κ1) is 21.1. The van der Waals surface area contributed by atoms with Crippen molar-refractivity contribution in [2.75, 3.05) is 0 Å². The summed E-state index contributed by atoms with van der Waals surface area (Å²) in [6.07, 6.45) is -17.1. The molecular weight excluding hydrogens is 396 g/mol. The van der Waals surface area contributed by atoms with E-state index >= 15 is 0 Å². The minimum absolute atomic E-state index is 0.0309. The summed E-state index contributed by atoms with van der Waals surface area (Å²) >= 11 is 0. The van der Waals surface area contributed by atoms with E-state index in [0.29, 0.717) is 0 Å². The summed E-state index contributed by atoms with van der Waals surface area (Å²) in [6.45, 7) is 1.01. The molecule has 150 valence electrons. The fourth-order valence-corrected chi connectivity index (χ4v) is 2.74. The molecule has 0 unspecified atom stereocenters. The summed E-state index contributed by atoms with van der Waals surface area (Å²) in [6, 6.07) is 3.03. The number of rotatable bonds is 3. The molecule has 0 aliphatic carbocycles. The Balaban J connectivity index is 2.80. The van der Waals surface area contributed by atoms with Gasteiger partial charge in [-0.1, -0.05) is 6.07 Å². The van der Waals surface area contributed by atoms with Gasteiger partial charge < -0.3 is 4.57 Å². The van der Waals surface area contributed by atoms with Crippen LogP contribution in [0.2, 0.25) is 0 Å². The highest BCUT2D eigenvalue weighted by atomic mass is 19.4. The monoisotopic (exact) mass is 407 g/mol. The van der Waals surface area contributed by atoms with Gasteiger partial charge in [0.2, 0.25) is 0 Å². The standard InChI is InChI=1S/C16H11F10N/c1-9-6-11(14(20,15(21,22)23)16(24,25)26)7-10(8-13(17,18)19)12(9)27-4-2-3-5-27/h2-7H,8H2,1H3. The Hall–Kier alpha value is -2.20. The molecule has 2 rings (SSSR count). The van der Waals surface area contributed by atoms with Crippen molar-refractivity contribution < 1.29 is 43.9 Å². The van der Waals surface area contributed by atoms with Crippen molar-refractivity contribution in [3.63, 3.8) is 0 Å². The molecule has 0 fully saturated rings. The highest BCUT2D eigenvalue weighted by molar-refractivity contribution is 5.52. The predicted molar refractivity (Wildman–Crippen MR) is 75.2 cm³/mol. The van der Waals surface area contributed by atoms with Crippen LogP contribution in [0.15, 0.2) is 36.7 Å². The fourth-order valence-electron chi connectivity index (χ4n) is 2.74. The van der Waals surface area contributed by atoms with Crippen LogP contribution in [0.25, 0.3) is 5.69 Å². The average Bonchev–Trinajstić information content (AvgIpc) is 2.95. The van der Waals surface area contributed by atoms with Crippen LogP contribution in [0.5, 0.6) is 0 Å². The fraction of sp³-hybridized carbons (Fsp3) is 0.375. The third-order valence-electron chi connectivity index (χ3n) is 3.81. The van der Waals surface area contributed by atoms with E-state index in [0.717, 1.165) is 11.5 Å². The lowest BCUT2D eigenvalue weighted by atomic mass is 9.89. The topological polar surface area (TPSA) is 4.93 Å². The SMILES string of the molecule is Cc1cc(C(F)(C(F)(F)F)C(F)(F)F)cc(CC(F)(F)F)c1-n1cccc1. The van der Waals surface area contributed by atoms with E-state index < -0.39 is 41.7 Å². The summed E-state index contributed by atoms with van der Waals surface area (Å²) in [7, 11) is 0. The summed E-state index contributed by atoms with van der Waals surface area (Å²) in [4.78, 5) is 0. The van der Waals surface area contributed by atoms with Crippen molar-refractivity contribution in [3.05, 3.63) is 53.3 Å². The number of aromatic nitrogens is 1. The van der Waals surface area contributed by atoms with Crippen molar-refractivity contribution in [2.24, 2.45) is 0 Å². The van der Waals surface area contributed by atoms with Crippen LogP contribution in [0.1, 0.15) is 16.7 Å². The van der Waals surface area contributed by atoms with Crippen molar-refractivity contribution in [1.29, 1.82) is 0 Å². The van der Waals surface area contributed by atoms with Gasteiger partial charge in [0.15, 0.2) is 0 Å². The lowest BCUT2D eigenvalue weighted by molar-refractivity contribution is -0.348. The molecule has 27 heavy (non-hydrogen) atoms. The molecule has 1 heterocycles. The third kappa shape index (κ3) is 3.91. The number of alkyl halides is 10. The van der Waals surface area contributed by atoms with Crippen LogP contribution in [-0.4, -0.2) is 23.1 Å². The predicted octanol–water partition coefficient (Wildman–Crippen LogP) is 6.18. The van der Waals surface area contributed by atoms with Crippen LogP contribution < -0.4 is 0 Å². The van der Waals surface area contributed by atoms with Gasteiger partial charge in [-0.2, -0.15) is 39.5 Å². The number of halogens is 10. The molecule has 1 aromatic heterocycles. The molecule has 0 aliphatic rings. The first-order valence-electron chi connectivity index (χ1n) is 7.24. The second-order valence-electron chi connectivity index (χ2n) is 5.84. The smallest absolute Gasteiger partial charge is 0.323 e. The zero-order valence-corrected chi connectivity index (χ0v) is 13.4. The summed E-state index contributed by atoms with van der Waals surface area (Å²) in [5.41, 5.74) is -9.31. The number of hydrogen-bond acceptors (Lipinski definition) is 0. The van der Waals surface area contributed by atoms with Crippen LogP contribution in [0.3, 0.4) is 0 Å². The lowest BCUT2D eigenvalue weighted by Crippen LogP contribution is -2.50. The Kier molecular flexibility index (Phi) is 5.04. The maximum atomic E-state index is 14.3. The normalized spacial score (nSPS) is 13.9. The number of benzene rings is 1. The molecule has 0 amide bonds. The lowest BCUT2D eigenvalue weighted by Gasteiger charge is -2.31. The first-order chi connectivity index (χ1) is 12.1. The van der Waals surface area contributed by atoms with Gasteiger partial charge in [0.25, 0.3) is 0 Å². The number of nitrogens with zero attached hydrogens (tertiary/aromatic N) is 1. The van der Waals surface area contributed by atoms with Crippen LogP contribution >= 0.6 is 0 Å². The quantitative estimate of drug-likeness (QED) is 0.536. The third-order valence-corrected chi connectivity index (χ3v) is 3.81. The molecule has 1 nitrogen and oxygen atoms in total. The van der Waals surface area contributed by atoms with E-state index in [-0.39, 0.29) is 23.4 Å². The van der Waals surface area contributed by atoms with Gasteiger partial charge in [0, 0.05) is 18.0 Å². The van der Waals surface area contributed by atoms with Crippen LogP contribution in [-0.2, 0) is 12.1 Å². The molecular formula is C16H11F10N. The molecule has 0 N–H and O–H groups in total. The van der Waals surface area contributed by atoms with Crippen molar-refractivity contribution in [2.45, 2.75) is 37.5 Å². The molecule has 0 aliphatic heterocycles. The maximum absolute atomic E-state index is 14.3. The van der Waals surface area contributed by atoms with Gasteiger partial charge in [-0.25, -0.2) is 4.39 Å². The number of hydrogen-bond donors (Lipinski definition) is 0. The largest absolute Gasteiger partial charge is 0.435 e. The first-order valence-corrected chi connectivity index (χ1v) is 7.24. The molecule has 11 heteroatoms. The molecule has 0 radical (unpaired) electrons. The summed E-state index contributed by atoms with van der Waals surface area (Å²) in [5.74, 6) is 0. The molecule has 0 saturated heterocycles. The second kappa shape index (κ2) is 6.45. The molecule has 0 atom stereocenters. The van der Waals surface area contributed by atoms with Crippen LogP contribution in [0.4, 0.5) is 43.9 Å². The highest BCUT2D eigenvalue weighted by Gasteiger charge is 2.73. The van der Waals surface area contributed by atoms with E-state index in [2.05, 4.69) is 0 Å². The summed E-state index contributed by atoms with van der Waals surface area (Å²) in [5, 5.41) is 0. The van der Waals surface area contributed by atoms with Crippen molar-refractivity contribution >= 4 is 0 Å². The Morgan fingerprint density at radius 2 is 1.26 bits per heavy atom. The van der Waals surface area contributed by atoms with Crippen molar-refractivity contribution in [1.82, 2.24) is 4.57 Å². The molecule has 0 spiro atoms. The minimum atomic E-state index is -6.41. The Morgan fingerprint density at radius 1 is 0.778 bits per heavy atom. The van der Waals surface area contributed by atoms with E-state index in [9.17, 15) is 43.9 Å². The number of aryl methyl sites for hydroxylation is 1. The van der Waals surface area contributed by atoms with Gasteiger partial charge in [0.1, 0.15) is 0 Å².